The van der Waals surface area contributed by atoms with Gasteiger partial charge in [0.05, 0.1) is 12.2 Å². The second kappa shape index (κ2) is 4.98. The maximum absolute atomic E-state index is 13.6. The Morgan fingerprint density at radius 2 is 1.78 bits per heavy atom. The van der Waals surface area contributed by atoms with E-state index in [1.807, 2.05) is 0 Å². The number of aromatic carboxylic acids is 1. The molecule has 18 heavy (non-hydrogen) atoms. The number of carboxylic acid groups (broad SMARTS) is 1. The van der Waals surface area contributed by atoms with Gasteiger partial charge >= 0.3 is 5.97 Å². The second-order valence-electron chi connectivity index (χ2n) is 3.78. The average molecular weight is 246 g/mol. The number of carboxylic acids is 1. The van der Waals surface area contributed by atoms with Gasteiger partial charge in [-0.25, -0.2) is 9.18 Å². The van der Waals surface area contributed by atoms with E-state index in [9.17, 15) is 14.3 Å². The number of aliphatic hydroxyl groups excluding tert-OH is 1. The third-order valence-corrected chi connectivity index (χ3v) is 2.71. The van der Waals surface area contributed by atoms with Crippen molar-refractivity contribution in [1.82, 2.24) is 0 Å². The number of benzene rings is 2. The van der Waals surface area contributed by atoms with E-state index in [0.29, 0.717) is 5.56 Å². The molecule has 92 valence electrons. The molecule has 0 saturated heterocycles. The molecule has 0 bridgehead atoms. The van der Waals surface area contributed by atoms with Crippen LogP contribution in [0.25, 0.3) is 11.1 Å². The Balaban J connectivity index is 2.77. The molecule has 4 heteroatoms. The van der Waals surface area contributed by atoms with Crippen LogP contribution in [0, 0.1) is 5.82 Å². The fourth-order valence-corrected chi connectivity index (χ4v) is 1.89. The smallest absolute Gasteiger partial charge is 0.336 e. The Morgan fingerprint density at radius 1 is 1.11 bits per heavy atom. The molecule has 2 aromatic rings. The zero-order valence-corrected chi connectivity index (χ0v) is 9.43. The first kappa shape index (κ1) is 12.3. The third-order valence-electron chi connectivity index (χ3n) is 2.71. The first-order chi connectivity index (χ1) is 8.65. The molecule has 0 unspecified atom stereocenters. The minimum Gasteiger partial charge on any atom is -0.478 e. The summed E-state index contributed by atoms with van der Waals surface area (Å²) in [7, 11) is 0. The summed E-state index contributed by atoms with van der Waals surface area (Å²) >= 11 is 0. The van der Waals surface area contributed by atoms with Gasteiger partial charge in [-0.15, -0.1) is 0 Å². The molecule has 0 aliphatic heterocycles. The molecule has 0 aliphatic rings. The van der Waals surface area contributed by atoms with Crippen molar-refractivity contribution >= 4 is 5.97 Å². The molecule has 0 heterocycles. The zero-order chi connectivity index (χ0) is 13.1. The van der Waals surface area contributed by atoms with Gasteiger partial charge in [-0.1, -0.05) is 30.3 Å². The zero-order valence-electron chi connectivity index (χ0n) is 9.43. The molecule has 0 radical (unpaired) electrons. The van der Waals surface area contributed by atoms with Gasteiger partial charge in [0.2, 0.25) is 0 Å². The molecule has 0 atom stereocenters. The summed E-state index contributed by atoms with van der Waals surface area (Å²) in [5, 5.41) is 18.4. The van der Waals surface area contributed by atoms with Crippen molar-refractivity contribution in [2.75, 3.05) is 0 Å². The second-order valence-corrected chi connectivity index (χ2v) is 3.78. The average Bonchev–Trinajstić information content (AvgIpc) is 2.39. The fraction of sp³-hybridized carbons (Fsp3) is 0.0714. The maximum Gasteiger partial charge on any atom is 0.336 e. The quantitative estimate of drug-likeness (QED) is 0.875. The molecular formula is C14H11FO3. The Hall–Kier alpha value is -2.20. The van der Waals surface area contributed by atoms with Gasteiger partial charge in [-0.2, -0.15) is 0 Å². The van der Waals surface area contributed by atoms with E-state index in [-0.39, 0.29) is 16.7 Å². The van der Waals surface area contributed by atoms with Crippen LogP contribution in [0.4, 0.5) is 4.39 Å². The highest BCUT2D eigenvalue weighted by molar-refractivity contribution is 5.97. The van der Waals surface area contributed by atoms with Crippen LogP contribution in [0.2, 0.25) is 0 Å². The SMILES string of the molecule is O=C(O)c1ccc(F)c(CO)c1-c1ccccc1. The molecule has 0 aromatic heterocycles. The van der Waals surface area contributed by atoms with Crippen molar-refractivity contribution < 1.29 is 19.4 Å². The molecular weight excluding hydrogens is 235 g/mol. The van der Waals surface area contributed by atoms with E-state index in [2.05, 4.69) is 0 Å². The highest BCUT2D eigenvalue weighted by atomic mass is 19.1. The van der Waals surface area contributed by atoms with Gasteiger partial charge in [0.15, 0.2) is 0 Å². The first-order valence-electron chi connectivity index (χ1n) is 5.36. The summed E-state index contributed by atoms with van der Waals surface area (Å²) in [6.45, 7) is -0.544. The van der Waals surface area contributed by atoms with Gasteiger partial charge in [-0.05, 0) is 17.7 Å². The molecule has 0 saturated carbocycles. The number of carbonyl (C=O) groups is 1. The molecule has 0 fully saturated rings. The molecule has 0 spiro atoms. The van der Waals surface area contributed by atoms with Crippen molar-refractivity contribution in [1.29, 1.82) is 0 Å². The maximum atomic E-state index is 13.6. The Labute approximate surface area is 103 Å². The van der Waals surface area contributed by atoms with Crippen LogP contribution in [0.1, 0.15) is 15.9 Å². The predicted octanol–water partition coefficient (Wildman–Crippen LogP) is 2.68. The molecule has 0 aliphatic carbocycles. The van der Waals surface area contributed by atoms with Crippen LogP contribution >= 0.6 is 0 Å². The summed E-state index contributed by atoms with van der Waals surface area (Å²) in [5.41, 5.74) is 0.775. The highest BCUT2D eigenvalue weighted by Crippen LogP contribution is 2.29. The van der Waals surface area contributed by atoms with Crippen molar-refractivity contribution in [3.05, 3.63) is 59.4 Å². The molecule has 2 aromatic carbocycles. The van der Waals surface area contributed by atoms with Crippen molar-refractivity contribution in [2.24, 2.45) is 0 Å². The third kappa shape index (κ3) is 2.10. The summed E-state index contributed by atoms with van der Waals surface area (Å²) < 4.78 is 13.6. The fourth-order valence-electron chi connectivity index (χ4n) is 1.89. The topological polar surface area (TPSA) is 57.5 Å². The van der Waals surface area contributed by atoms with Crippen molar-refractivity contribution in [3.63, 3.8) is 0 Å². The van der Waals surface area contributed by atoms with E-state index >= 15 is 0 Å². The van der Waals surface area contributed by atoms with Crippen LogP contribution in [-0.2, 0) is 6.61 Å². The highest BCUT2D eigenvalue weighted by Gasteiger charge is 2.18. The minimum atomic E-state index is -1.15. The van der Waals surface area contributed by atoms with Crippen LogP contribution in [0.15, 0.2) is 42.5 Å². The van der Waals surface area contributed by atoms with E-state index in [1.54, 1.807) is 30.3 Å². The molecule has 3 nitrogen and oxygen atoms in total. The molecule has 2 rings (SSSR count). The number of hydrogen-bond donors (Lipinski definition) is 2. The summed E-state index contributed by atoms with van der Waals surface area (Å²) in [5.74, 6) is -1.76. The minimum absolute atomic E-state index is 0.00102. The Kier molecular flexibility index (Phi) is 3.39. The number of halogens is 1. The van der Waals surface area contributed by atoms with Gasteiger partial charge in [0, 0.05) is 11.1 Å². The van der Waals surface area contributed by atoms with Crippen molar-refractivity contribution in [2.45, 2.75) is 6.61 Å². The van der Waals surface area contributed by atoms with Gasteiger partial charge in [0.1, 0.15) is 5.82 Å². The van der Waals surface area contributed by atoms with E-state index in [1.165, 1.54) is 6.07 Å². The largest absolute Gasteiger partial charge is 0.478 e. The summed E-state index contributed by atoms with van der Waals surface area (Å²) in [4.78, 5) is 11.2. The van der Waals surface area contributed by atoms with E-state index in [4.69, 9.17) is 5.11 Å². The lowest BCUT2D eigenvalue weighted by Gasteiger charge is -2.12. The Morgan fingerprint density at radius 3 is 2.33 bits per heavy atom. The van der Waals surface area contributed by atoms with E-state index in [0.717, 1.165) is 6.07 Å². The summed E-state index contributed by atoms with van der Waals surface area (Å²) in [6, 6.07) is 10.9. The van der Waals surface area contributed by atoms with Gasteiger partial charge in [-0.3, -0.25) is 0 Å². The number of hydrogen-bond acceptors (Lipinski definition) is 2. The van der Waals surface area contributed by atoms with Crippen molar-refractivity contribution in [3.8, 4) is 11.1 Å². The van der Waals surface area contributed by atoms with Gasteiger partial charge in [0.25, 0.3) is 0 Å². The predicted molar refractivity (Wildman–Crippen MR) is 64.7 cm³/mol. The molecule has 0 amide bonds. The lowest BCUT2D eigenvalue weighted by Crippen LogP contribution is -2.05. The normalized spacial score (nSPS) is 10.3. The molecule has 2 N–H and O–H groups in total. The van der Waals surface area contributed by atoms with Crippen LogP contribution in [0.5, 0.6) is 0 Å². The number of rotatable bonds is 3. The Bertz CT molecular complexity index is 579. The van der Waals surface area contributed by atoms with E-state index < -0.39 is 18.4 Å². The van der Waals surface area contributed by atoms with Crippen LogP contribution in [-0.4, -0.2) is 16.2 Å². The number of aliphatic hydroxyl groups is 1. The van der Waals surface area contributed by atoms with Crippen LogP contribution < -0.4 is 0 Å². The first-order valence-corrected chi connectivity index (χ1v) is 5.36. The van der Waals surface area contributed by atoms with Crippen LogP contribution in [0.3, 0.4) is 0 Å². The lowest BCUT2D eigenvalue weighted by molar-refractivity contribution is 0.0697. The standard InChI is InChI=1S/C14H11FO3/c15-12-7-6-10(14(17)18)13(11(12)8-16)9-4-2-1-3-5-9/h1-7,16H,8H2,(H,17,18). The van der Waals surface area contributed by atoms with Gasteiger partial charge < -0.3 is 10.2 Å². The monoisotopic (exact) mass is 246 g/mol. The lowest BCUT2D eigenvalue weighted by atomic mass is 9.94. The summed E-state index contributed by atoms with van der Waals surface area (Å²) in [6.07, 6.45) is 0.